The summed E-state index contributed by atoms with van der Waals surface area (Å²) in [6.07, 6.45) is 3.45. The Morgan fingerprint density at radius 1 is 1.28 bits per heavy atom. The Balaban J connectivity index is 1.92. The van der Waals surface area contributed by atoms with Crippen LogP contribution < -0.4 is 10.6 Å². The van der Waals surface area contributed by atoms with Crippen LogP contribution in [-0.4, -0.2) is 24.1 Å². The van der Waals surface area contributed by atoms with Crippen molar-refractivity contribution in [2.45, 2.75) is 18.9 Å². The average Bonchev–Trinajstić information content (AvgIpc) is 2.41. The van der Waals surface area contributed by atoms with Gasteiger partial charge >= 0.3 is 0 Å². The van der Waals surface area contributed by atoms with Gasteiger partial charge in [0.25, 0.3) is 0 Å². The zero-order valence-corrected chi connectivity index (χ0v) is 10.1. The van der Waals surface area contributed by atoms with Crippen molar-refractivity contribution in [3.8, 4) is 0 Å². The Kier molecular flexibility index (Phi) is 3.11. The fourth-order valence-electron chi connectivity index (χ4n) is 2.44. The SMILES string of the molecule is Fc1cnc2cccc(NC3CCNCC3)c2c1. The molecule has 1 aliphatic heterocycles. The molecule has 2 N–H and O–H groups in total. The van der Waals surface area contributed by atoms with Crippen molar-refractivity contribution in [1.29, 1.82) is 0 Å². The molecule has 1 aromatic carbocycles. The molecule has 0 spiro atoms. The number of pyridine rings is 1. The lowest BCUT2D eigenvalue weighted by Gasteiger charge is -2.25. The van der Waals surface area contributed by atoms with E-state index in [4.69, 9.17) is 0 Å². The van der Waals surface area contributed by atoms with Gasteiger partial charge in [0, 0.05) is 17.1 Å². The Bertz CT molecular complexity index is 550. The van der Waals surface area contributed by atoms with E-state index >= 15 is 0 Å². The van der Waals surface area contributed by atoms with Gasteiger partial charge in [0.1, 0.15) is 5.82 Å². The van der Waals surface area contributed by atoms with Crippen LogP contribution in [0.4, 0.5) is 10.1 Å². The fraction of sp³-hybridized carbons (Fsp3) is 0.357. The summed E-state index contributed by atoms with van der Waals surface area (Å²) in [7, 11) is 0. The van der Waals surface area contributed by atoms with Crippen molar-refractivity contribution < 1.29 is 4.39 Å². The topological polar surface area (TPSA) is 37.0 Å². The molecule has 3 rings (SSSR count). The highest BCUT2D eigenvalue weighted by Gasteiger charge is 2.13. The minimum atomic E-state index is -0.290. The number of nitrogens with one attached hydrogen (secondary N) is 2. The van der Waals surface area contributed by atoms with Crippen molar-refractivity contribution in [2.24, 2.45) is 0 Å². The number of aromatic nitrogens is 1. The zero-order valence-electron chi connectivity index (χ0n) is 10.1. The number of rotatable bonds is 2. The van der Waals surface area contributed by atoms with Gasteiger partial charge in [-0.2, -0.15) is 0 Å². The van der Waals surface area contributed by atoms with E-state index in [0.29, 0.717) is 6.04 Å². The molecule has 0 radical (unpaired) electrons. The maximum Gasteiger partial charge on any atom is 0.142 e. The summed E-state index contributed by atoms with van der Waals surface area (Å²) in [6.45, 7) is 2.07. The summed E-state index contributed by atoms with van der Waals surface area (Å²) < 4.78 is 13.3. The van der Waals surface area contributed by atoms with E-state index in [1.54, 1.807) is 6.07 Å². The van der Waals surface area contributed by atoms with E-state index in [1.165, 1.54) is 6.20 Å². The molecule has 1 fully saturated rings. The van der Waals surface area contributed by atoms with Gasteiger partial charge in [0.05, 0.1) is 11.7 Å². The highest BCUT2D eigenvalue weighted by molar-refractivity contribution is 5.91. The third kappa shape index (κ3) is 2.29. The van der Waals surface area contributed by atoms with Crippen LogP contribution in [0.5, 0.6) is 0 Å². The fourth-order valence-corrected chi connectivity index (χ4v) is 2.44. The van der Waals surface area contributed by atoms with Crippen molar-refractivity contribution >= 4 is 16.6 Å². The molecule has 0 amide bonds. The molecular formula is C14H16FN3. The number of anilines is 1. The van der Waals surface area contributed by atoms with Gasteiger partial charge in [-0.3, -0.25) is 4.98 Å². The second-order valence-corrected chi connectivity index (χ2v) is 4.69. The first-order valence-corrected chi connectivity index (χ1v) is 6.34. The predicted molar refractivity (Wildman–Crippen MR) is 71.2 cm³/mol. The van der Waals surface area contributed by atoms with Crippen LogP contribution in [0.25, 0.3) is 10.9 Å². The van der Waals surface area contributed by atoms with E-state index < -0.39 is 0 Å². The summed E-state index contributed by atoms with van der Waals surface area (Å²) in [5.41, 5.74) is 1.81. The van der Waals surface area contributed by atoms with Crippen molar-refractivity contribution in [3.63, 3.8) is 0 Å². The van der Waals surface area contributed by atoms with Gasteiger partial charge in [-0.25, -0.2) is 4.39 Å². The van der Waals surface area contributed by atoms with E-state index in [9.17, 15) is 4.39 Å². The van der Waals surface area contributed by atoms with Crippen LogP contribution in [0.15, 0.2) is 30.5 Å². The van der Waals surface area contributed by atoms with Gasteiger partial charge in [0.2, 0.25) is 0 Å². The van der Waals surface area contributed by atoms with Gasteiger partial charge in [0.15, 0.2) is 0 Å². The highest BCUT2D eigenvalue weighted by atomic mass is 19.1. The third-order valence-electron chi connectivity index (χ3n) is 3.39. The number of piperidine rings is 1. The van der Waals surface area contributed by atoms with E-state index in [2.05, 4.69) is 15.6 Å². The molecule has 1 aromatic heterocycles. The van der Waals surface area contributed by atoms with Crippen molar-refractivity contribution in [1.82, 2.24) is 10.3 Å². The lowest BCUT2D eigenvalue weighted by atomic mass is 10.1. The molecule has 94 valence electrons. The van der Waals surface area contributed by atoms with Gasteiger partial charge in [-0.1, -0.05) is 6.07 Å². The molecule has 0 aliphatic carbocycles. The molecule has 0 saturated carbocycles. The van der Waals surface area contributed by atoms with E-state index in [1.807, 2.05) is 18.2 Å². The van der Waals surface area contributed by atoms with E-state index in [0.717, 1.165) is 42.5 Å². The first-order valence-electron chi connectivity index (χ1n) is 6.34. The lowest BCUT2D eigenvalue weighted by Crippen LogP contribution is -2.35. The van der Waals surface area contributed by atoms with Gasteiger partial charge in [-0.05, 0) is 44.1 Å². The maximum absolute atomic E-state index is 13.3. The molecule has 0 unspecified atom stereocenters. The van der Waals surface area contributed by atoms with Crippen LogP contribution >= 0.6 is 0 Å². The lowest BCUT2D eigenvalue weighted by molar-refractivity contribution is 0.479. The van der Waals surface area contributed by atoms with Crippen LogP contribution in [-0.2, 0) is 0 Å². The van der Waals surface area contributed by atoms with Crippen LogP contribution in [0.3, 0.4) is 0 Å². The maximum atomic E-state index is 13.3. The standard InChI is InChI=1S/C14H16FN3/c15-10-8-12-13(17-9-10)2-1-3-14(12)18-11-4-6-16-7-5-11/h1-3,8-9,11,16,18H,4-7H2. The zero-order chi connectivity index (χ0) is 12.4. The normalized spacial score (nSPS) is 16.9. The molecule has 2 heterocycles. The molecule has 18 heavy (non-hydrogen) atoms. The average molecular weight is 245 g/mol. The minimum absolute atomic E-state index is 0.290. The number of hydrogen-bond donors (Lipinski definition) is 2. The first kappa shape index (κ1) is 11.4. The monoisotopic (exact) mass is 245 g/mol. The molecular weight excluding hydrogens is 229 g/mol. The van der Waals surface area contributed by atoms with Gasteiger partial charge in [-0.15, -0.1) is 0 Å². The summed E-state index contributed by atoms with van der Waals surface area (Å²) >= 11 is 0. The molecule has 0 bridgehead atoms. The second kappa shape index (κ2) is 4.90. The summed E-state index contributed by atoms with van der Waals surface area (Å²) in [4.78, 5) is 4.11. The number of halogens is 1. The quantitative estimate of drug-likeness (QED) is 0.853. The summed E-state index contributed by atoms with van der Waals surface area (Å²) in [6, 6.07) is 7.86. The van der Waals surface area contributed by atoms with E-state index in [-0.39, 0.29) is 5.82 Å². The van der Waals surface area contributed by atoms with Crippen molar-refractivity contribution in [3.05, 3.63) is 36.3 Å². The molecule has 3 nitrogen and oxygen atoms in total. The highest BCUT2D eigenvalue weighted by Crippen LogP contribution is 2.24. The van der Waals surface area contributed by atoms with Crippen LogP contribution in [0, 0.1) is 5.82 Å². The molecule has 0 atom stereocenters. The Morgan fingerprint density at radius 3 is 2.94 bits per heavy atom. The molecule has 1 aliphatic rings. The largest absolute Gasteiger partial charge is 0.382 e. The Labute approximate surface area is 105 Å². The summed E-state index contributed by atoms with van der Waals surface area (Å²) in [5, 5.41) is 7.70. The van der Waals surface area contributed by atoms with Crippen LogP contribution in [0.1, 0.15) is 12.8 Å². The second-order valence-electron chi connectivity index (χ2n) is 4.69. The molecule has 4 heteroatoms. The number of hydrogen-bond acceptors (Lipinski definition) is 3. The molecule has 1 saturated heterocycles. The predicted octanol–water partition coefficient (Wildman–Crippen LogP) is 2.54. The van der Waals surface area contributed by atoms with Crippen molar-refractivity contribution in [2.75, 3.05) is 18.4 Å². The minimum Gasteiger partial charge on any atom is -0.382 e. The molecule has 2 aromatic rings. The van der Waals surface area contributed by atoms with Gasteiger partial charge < -0.3 is 10.6 Å². The smallest absolute Gasteiger partial charge is 0.142 e. The van der Waals surface area contributed by atoms with Crippen LogP contribution in [0.2, 0.25) is 0 Å². The number of benzene rings is 1. The number of fused-ring (bicyclic) bond motifs is 1. The third-order valence-corrected chi connectivity index (χ3v) is 3.39. The Hall–Kier alpha value is -1.68. The Morgan fingerprint density at radius 2 is 2.11 bits per heavy atom. The number of nitrogens with zero attached hydrogens (tertiary/aromatic N) is 1. The first-order chi connectivity index (χ1) is 8.83. The summed E-state index contributed by atoms with van der Waals surface area (Å²) in [5.74, 6) is -0.290.